The van der Waals surface area contributed by atoms with Crippen molar-refractivity contribution in [3.8, 4) is 0 Å². The van der Waals surface area contributed by atoms with Crippen molar-refractivity contribution < 1.29 is 0 Å². The van der Waals surface area contributed by atoms with Crippen molar-refractivity contribution in [3.63, 3.8) is 0 Å². The summed E-state index contributed by atoms with van der Waals surface area (Å²) in [6, 6.07) is 3.76. The summed E-state index contributed by atoms with van der Waals surface area (Å²) in [6.07, 6.45) is 0. The fourth-order valence-corrected chi connectivity index (χ4v) is 2.96. The Morgan fingerprint density at radius 3 is 2.69 bits per heavy atom. The number of fused-ring (bicyclic) bond motifs is 3. The third kappa shape index (κ3) is 1.31. The van der Waals surface area contributed by atoms with E-state index in [2.05, 4.69) is 52.3 Å². The predicted octanol–water partition coefficient (Wildman–Crippen LogP) is 2.32. The minimum absolute atomic E-state index is 0.251. The fourth-order valence-electron chi connectivity index (χ4n) is 1.64. The van der Waals surface area contributed by atoms with E-state index in [9.17, 15) is 4.79 Å². The predicted molar refractivity (Wildman–Crippen MR) is 67.4 cm³/mol. The molecule has 0 saturated heterocycles. The highest BCUT2D eigenvalue weighted by Gasteiger charge is 2.11. The molecule has 0 bridgehead atoms. The van der Waals surface area contributed by atoms with Gasteiger partial charge in [-0.05, 0) is 28.1 Å². The second kappa shape index (κ2) is 3.39. The van der Waals surface area contributed by atoms with Gasteiger partial charge < -0.3 is 4.98 Å². The van der Waals surface area contributed by atoms with Crippen LogP contribution in [0.4, 0.5) is 0 Å². The van der Waals surface area contributed by atoms with E-state index in [4.69, 9.17) is 0 Å². The molecule has 0 aliphatic heterocycles. The summed E-state index contributed by atoms with van der Waals surface area (Å²) in [7, 11) is 0. The fraction of sp³-hybridized carbons (Fsp3) is 0. The highest BCUT2D eigenvalue weighted by Crippen LogP contribution is 2.28. The van der Waals surface area contributed by atoms with Crippen LogP contribution in [0.5, 0.6) is 0 Å². The highest BCUT2D eigenvalue weighted by atomic mass is 79.9. The van der Waals surface area contributed by atoms with Crippen LogP contribution in [-0.2, 0) is 0 Å². The van der Waals surface area contributed by atoms with E-state index in [0.29, 0.717) is 11.0 Å². The number of hydrogen-bond donors (Lipinski definition) is 2. The molecule has 1 aromatic carbocycles. The molecule has 0 saturated carbocycles. The van der Waals surface area contributed by atoms with E-state index in [1.165, 1.54) is 0 Å². The molecule has 3 aromatic rings. The van der Waals surface area contributed by atoms with Crippen LogP contribution >= 0.6 is 31.9 Å². The molecule has 16 heavy (non-hydrogen) atoms. The molecule has 3 rings (SSSR count). The Morgan fingerprint density at radius 2 is 1.88 bits per heavy atom. The Kier molecular flexibility index (Phi) is 2.11. The Balaban J connectivity index is 2.69. The number of nitrogens with zero attached hydrogens (tertiary/aromatic N) is 2. The van der Waals surface area contributed by atoms with Crippen LogP contribution in [0.25, 0.3) is 21.9 Å². The maximum absolute atomic E-state index is 11.7. The van der Waals surface area contributed by atoms with Gasteiger partial charge in [-0.3, -0.25) is 4.79 Å². The molecule has 0 unspecified atom stereocenters. The van der Waals surface area contributed by atoms with Crippen LogP contribution in [0.3, 0.4) is 0 Å². The van der Waals surface area contributed by atoms with E-state index >= 15 is 0 Å². The van der Waals surface area contributed by atoms with E-state index in [0.717, 1.165) is 19.8 Å². The van der Waals surface area contributed by atoms with Crippen molar-refractivity contribution in [2.24, 2.45) is 0 Å². The lowest BCUT2D eigenvalue weighted by atomic mass is 10.2. The van der Waals surface area contributed by atoms with Crippen LogP contribution in [0.15, 0.2) is 25.9 Å². The number of benzene rings is 1. The second-order valence-corrected chi connectivity index (χ2v) is 5.06. The molecule has 7 heteroatoms. The summed E-state index contributed by atoms with van der Waals surface area (Å²) in [5.41, 5.74) is 1.35. The minimum Gasteiger partial charge on any atom is -0.319 e. The maximum Gasteiger partial charge on any atom is 0.278 e. The first-order valence-corrected chi connectivity index (χ1v) is 5.97. The van der Waals surface area contributed by atoms with Crippen molar-refractivity contribution in [3.05, 3.63) is 31.4 Å². The number of nitrogens with one attached hydrogen (secondary N) is 2. The zero-order valence-corrected chi connectivity index (χ0v) is 10.9. The van der Waals surface area contributed by atoms with Crippen molar-refractivity contribution in [2.45, 2.75) is 0 Å². The van der Waals surface area contributed by atoms with E-state index in [-0.39, 0.29) is 5.56 Å². The van der Waals surface area contributed by atoms with Crippen molar-refractivity contribution in [2.75, 3.05) is 0 Å². The Hall–Kier alpha value is -1.21. The van der Waals surface area contributed by atoms with Crippen molar-refractivity contribution in [1.82, 2.24) is 20.4 Å². The van der Waals surface area contributed by atoms with Crippen molar-refractivity contribution >= 4 is 53.8 Å². The number of halogens is 2. The van der Waals surface area contributed by atoms with Gasteiger partial charge >= 0.3 is 0 Å². The number of aromatic nitrogens is 4. The van der Waals surface area contributed by atoms with Gasteiger partial charge in [0, 0.05) is 14.3 Å². The lowest BCUT2D eigenvalue weighted by molar-refractivity contribution is 0.958. The van der Waals surface area contributed by atoms with Gasteiger partial charge in [-0.25, -0.2) is 0 Å². The lowest BCUT2D eigenvalue weighted by Crippen LogP contribution is -2.06. The molecule has 0 spiro atoms. The standard InChI is InChI=1S/C9H4Br2N4O/c10-3-1-4-6(5(11)2-3)12-9(16)8-7(4)13-15-14-8/h1-2H,(H,12,16)(H,13,14,15). The smallest absolute Gasteiger partial charge is 0.278 e. The average Bonchev–Trinajstić information content (AvgIpc) is 2.69. The highest BCUT2D eigenvalue weighted by molar-refractivity contribution is 9.11. The maximum atomic E-state index is 11.7. The zero-order chi connectivity index (χ0) is 11.3. The molecular weight excluding hydrogens is 340 g/mol. The molecule has 0 aliphatic carbocycles. The SMILES string of the molecule is O=c1[nH]c2c(Br)cc(Br)cc2c2n[nH]nc12. The molecule has 5 nitrogen and oxygen atoms in total. The number of rotatable bonds is 0. The minimum atomic E-state index is -0.251. The summed E-state index contributed by atoms with van der Waals surface area (Å²) in [6.45, 7) is 0. The first-order chi connectivity index (χ1) is 7.66. The van der Waals surface area contributed by atoms with Gasteiger partial charge in [0.15, 0.2) is 5.52 Å². The summed E-state index contributed by atoms with van der Waals surface area (Å²) >= 11 is 6.79. The number of hydrogen-bond acceptors (Lipinski definition) is 3. The largest absolute Gasteiger partial charge is 0.319 e. The Bertz CT molecular complexity index is 761. The van der Waals surface area contributed by atoms with Gasteiger partial charge in [0.1, 0.15) is 5.52 Å². The molecule has 0 atom stereocenters. The molecule has 0 aliphatic rings. The summed E-state index contributed by atoms with van der Waals surface area (Å²) in [5.74, 6) is 0. The first-order valence-electron chi connectivity index (χ1n) is 4.38. The summed E-state index contributed by atoms with van der Waals surface area (Å²) in [5, 5.41) is 11.1. The molecule has 80 valence electrons. The Labute approximate surface area is 105 Å². The van der Waals surface area contributed by atoms with Gasteiger partial charge in [-0.2, -0.15) is 15.4 Å². The van der Waals surface area contributed by atoms with Crippen LogP contribution in [-0.4, -0.2) is 20.4 Å². The molecule has 0 radical (unpaired) electrons. The molecular formula is C9H4Br2N4O. The lowest BCUT2D eigenvalue weighted by Gasteiger charge is -2.01. The van der Waals surface area contributed by atoms with Gasteiger partial charge in [-0.1, -0.05) is 15.9 Å². The molecule has 0 amide bonds. The normalized spacial score (nSPS) is 11.4. The monoisotopic (exact) mass is 342 g/mol. The summed E-state index contributed by atoms with van der Waals surface area (Å²) in [4.78, 5) is 14.4. The van der Waals surface area contributed by atoms with E-state index in [1.807, 2.05) is 12.1 Å². The quantitative estimate of drug-likeness (QED) is 0.657. The average molecular weight is 344 g/mol. The van der Waals surface area contributed by atoms with E-state index < -0.39 is 0 Å². The van der Waals surface area contributed by atoms with Gasteiger partial charge in [0.05, 0.1) is 5.52 Å². The first kappa shape index (κ1) is 9.98. The van der Waals surface area contributed by atoms with Gasteiger partial charge in [0.25, 0.3) is 5.56 Å². The number of aromatic amines is 2. The molecule has 2 heterocycles. The topological polar surface area (TPSA) is 74.4 Å². The summed E-state index contributed by atoms with van der Waals surface area (Å²) < 4.78 is 1.71. The van der Waals surface area contributed by atoms with Crippen LogP contribution in [0.1, 0.15) is 0 Å². The third-order valence-corrected chi connectivity index (χ3v) is 3.39. The molecule has 2 N–H and O–H groups in total. The van der Waals surface area contributed by atoms with Crippen LogP contribution < -0.4 is 5.56 Å². The zero-order valence-electron chi connectivity index (χ0n) is 7.71. The molecule has 0 fully saturated rings. The van der Waals surface area contributed by atoms with Crippen molar-refractivity contribution in [1.29, 1.82) is 0 Å². The second-order valence-electron chi connectivity index (χ2n) is 3.29. The number of pyridine rings is 1. The Morgan fingerprint density at radius 1 is 1.12 bits per heavy atom. The third-order valence-electron chi connectivity index (χ3n) is 2.31. The van der Waals surface area contributed by atoms with Crippen LogP contribution in [0, 0.1) is 0 Å². The van der Waals surface area contributed by atoms with Gasteiger partial charge in [0.2, 0.25) is 0 Å². The van der Waals surface area contributed by atoms with Gasteiger partial charge in [-0.15, -0.1) is 0 Å². The van der Waals surface area contributed by atoms with E-state index in [1.54, 1.807) is 0 Å². The van der Waals surface area contributed by atoms with Crippen LogP contribution in [0.2, 0.25) is 0 Å². The number of H-pyrrole nitrogens is 2. The molecule has 2 aromatic heterocycles.